The van der Waals surface area contributed by atoms with Crippen LogP contribution in [0.1, 0.15) is 24.0 Å². The molecule has 0 saturated carbocycles. The first kappa shape index (κ1) is 20.8. The van der Waals surface area contributed by atoms with Crippen LogP contribution in [0.4, 0.5) is 0 Å². The van der Waals surface area contributed by atoms with Gasteiger partial charge in [-0.3, -0.25) is 14.6 Å². The van der Waals surface area contributed by atoms with E-state index in [-0.39, 0.29) is 24.9 Å². The van der Waals surface area contributed by atoms with Gasteiger partial charge in [0.2, 0.25) is 0 Å². The number of carbonyl (C=O) groups is 2. The van der Waals surface area contributed by atoms with Crippen molar-refractivity contribution >= 4 is 23.3 Å². The number of carboxylic acids is 2. The van der Waals surface area contributed by atoms with Crippen LogP contribution in [-0.2, 0) is 22.4 Å². The van der Waals surface area contributed by atoms with Gasteiger partial charge in [0.15, 0.2) is 0 Å². The second-order valence-corrected chi connectivity index (χ2v) is 6.40. The maximum absolute atomic E-state index is 10.3. The van der Waals surface area contributed by atoms with Crippen LogP contribution in [0, 0.1) is 0 Å². The Morgan fingerprint density at radius 3 is 2.08 bits per heavy atom. The Morgan fingerprint density at radius 1 is 1.04 bits per heavy atom. The summed E-state index contributed by atoms with van der Waals surface area (Å²) in [5, 5.41) is 20.9. The predicted molar refractivity (Wildman–Crippen MR) is 96.4 cm³/mol. The fourth-order valence-corrected chi connectivity index (χ4v) is 2.81. The monoisotopic (exact) mass is 365 g/mol. The van der Waals surface area contributed by atoms with E-state index < -0.39 is 11.9 Å². The Balaban J connectivity index is 0.000000251. The summed E-state index contributed by atoms with van der Waals surface area (Å²) in [6.45, 7) is 0. The minimum Gasteiger partial charge on any atom is -0.481 e. The Morgan fingerprint density at radius 2 is 1.64 bits per heavy atom. The van der Waals surface area contributed by atoms with Crippen LogP contribution in [0.15, 0.2) is 41.4 Å². The summed E-state index contributed by atoms with van der Waals surface area (Å²) in [7, 11) is 0. The van der Waals surface area contributed by atoms with E-state index in [1.54, 1.807) is 23.7 Å². The third-order valence-electron chi connectivity index (χ3n) is 3.17. The standard InChI is InChI=1S/C9H12N2O2.C8H11NO2S/c10-8(5-9(12)13)4-7-2-1-3-11-6-7;9-7(4-8(10)11)3-6-1-2-12-5-6/h1-3,6,8H,4-5,10H2,(H,12,13);1-2,5,7H,3-4,9H2,(H,10,11). The zero-order valence-corrected chi connectivity index (χ0v) is 14.6. The maximum Gasteiger partial charge on any atom is 0.304 e. The molecule has 0 amide bonds. The molecule has 0 aliphatic rings. The predicted octanol–water partition coefficient (Wildman–Crippen LogP) is 1.52. The van der Waals surface area contributed by atoms with Gasteiger partial charge >= 0.3 is 11.9 Å². The second-order valence-electron chi connectivity index (χ2n) is 5.62. The Hall–Kier alpha value is -2.29. The summed E-state index contributed by atoms with van der Waals surface area (Å²) in [4.78, 5) is 24.5. The minimum atomic E-state index is -0.864. The molecular formula is C17H23N3O4S. The Kier molecular flexibility index (Phi) is 9.38. The highest BCUT2D eigenvalue weighted by Gasteiger charge is 2.09. The van der Waals surface area contributed by atoms with E-state index in [1.807, 2.05) is 29.0 Å². The van der Waals surface area contributed by atoms with Crippen LogP contribution in [0.2, 0.25) is 0 Å². The van der Waals surface area contributed by atoms with Gasteiger partial charge in [0.25, 0.3) is 0 Å². The maximum atomic E-state index is 10.3. The molecule has 2 rings (SSSR count). The first-order valence-electron chi connectivity index (χ1n) is 7.71. The molecule has 6 N–H and O–H groups in total. The van der Waals surface area contributed by atoms with Crippen LogP contribution in [0.3, 0.4) is 0 Å². The smallest absolute Gasteiger partial charge is 0.304 e. The van der Waals surface area contributed by atoms with Crippen LogP contribution in [0.25, 0.3) is 0 Å². The van der Waals surface area contributed by atoms with Gasteiger partial charge in [0.05, 0.1) is 12.8 Å². The summed E-state index contributed by atoms with van der Waals surface area (Å²) in [6, 6.07) is 5.06. The van der Waals surface area contributed by atoms with Crippen molar-refractivity contribution in [3.8, 4) is 0 Å². The van der Waals surface area contributed by atoms with Crippen LogP contribution in [-0.4, -0.2) is 39.2 Å². The minimum absolute atomic E-state index is 0.00507. The number of aliphatic carboxylic acids is 2. The molecule has 0 bridgehead atoms. The summed E-state index contributed by atoms with van der Waals surface area (Å²) in [6.07, 6.45) is 4.61. The van der Waals surface area contributed by atoms with Crippen molar-refractivity contribution in [1.29, 1.82) is 0 Å². The van der Waals surface area contributed by atoms with Crippen molar-refractivity contribution in [3.05, 3.63) is 52.5 Å². The molecule has 7 nitrogen and oxygen atoms in total. The van der Waals surface area contributed by atoms with Crippen LogP contribution < -0.4 is 11.5 Å². The van der Waals surface area contributed by atoms with Gasteiger partial charge in [0, 0.05) is 24.5 Å². The third kappa shape index (κ3) is 10.2. The molecule has 0 spiro atoms. The number of hydrogen-bond acceptors (Lipinski definition) is 6. The number of nitrogens with zero attached hydrogens (tertiary/aromatic N) is 1. The van der Waals surface area contributed by atoms with E-state index in [1.165, 1.54) is 0 Å². The number of hydrogen-bond donors (Lipinski definition) is 4. The van der Waals surface area contributed by atoms with Crippen molar-refractivity contribution in [3.63, 3.8) is 0 Å². The van der Waals surface area contributed by atoms with Gasteiger partial charge in [-0.2, -0.15) is 11.3 Å². The summed E-state index contributed by atoms with van der Waals surface area (Å²) in [5.41, 5.74) is 13.3. The highest BCUT2D eigenvalue weighted by Crippen LogP contribution is 2.09. The summed E-state index contributed by atoms with van der Waals surface area (Å²) in [5.74, 6) is -1.70. The first-order chi connectivity index (χ1) is 11.9. The number of pyridine rings is 1. The molecule has 2 aromatic heterocycles. The lowest BCUT2D eigenvalue weighted by atomic mass is 10.1. The Labute approximate surface area is 150 Å². The van der Waals surface area contributed by atoms with Crippen molar-refractivity contribution in [2.45, 2.75) is 37.8 Å². The van der Waals surface area contributed by atoms with Crippen molar-refractivity contribution < 1.29 is 19.8 Å². The van der Waals surface area contributed by atoms with Crippen molar-refractivity contribution in [1.82, 2.24) is 4.98 Å². The van der Waals surface area contributed by atoms with E-state index >= 15 is 0 Å². The largest absolute Gasteiger partial charge is 0.481 e. The summed E-state index contributed by atoms with van der Waals surface area (Å²) < 4.78 is 0. The van der Waals surface area contributed by atoms with Gasteiger partial charge in [0.1, 0.15) is 0 Å². The molecular weight excluding hydrogens is 342 g/mol. The molecule has 136 valence electrons. The number of rotatable bonds is 8. The van der Waals surface area contributed by atoms with Gasteiger partial charge in [-0.1, -0.05) is 6.07 Å². The molecule has 2 heterocycles. The molecule has 8 heteroatoms. The zero-order valence-electron chi connectivity index (χ0n) is 13.7. The zero-order chi connectivity index (χ0) is 18.7. The third-order valence-corrected chi connectivity index (χ3v) is 3.90. The SMILES string of the molecule is NC(CC(=O)O)Cc1cccnc1.NC(CC(=O)O)Cc1ccsc1. The van der Waals surface area contributed by atoms with Gasteiger partial charge in [-0.05, 0) is 46.9 Å². The quantitative estimate of drug-likeness (QED) is 0.556. The lowest BCUT2D eigenvalue weighted by molar-refractivity contribution is -0.138. The van der Waals surface area contributed by atoms with E-state index in [2.05, 4.69) is 4.98 Å². The van der Waals surface area contributed by atoms with E-state index in [9.17, 15) is 9.59 Å². The molecule has 0 saturated heterocycles. The van der Waals surface area contributed by atoms with Gasteiger partial charge in [-0.15, -0.1) is 0 Å². The van der Waals surface area contributed by atoms with Gasteiger partial charge in [-0.25, -0.2) is 0 Å². The molecule has 0 radical (unpaired) electrons. The number of carboxylic acid groups (broad SMARTS) is 2. The molecule has 0 aliphatic carbocycles. The van der Waals surface area contributed by atoms with Gasteiger partial charge < -0.3 is 21.7 Å². The molecule has 0 fully saturated rings. The number of nitrogens with two attached hydrogens (primary N) is 2. The molecule has 2 aromatic rings. The Bertz CT molecular complexity index is 635. The highest BCUT2D eigenvalue weighted by molar-refractivity contribution is 7.07. The lowest BCUT2D eigenvalue weighted by Gasteiger charge is -2.07. The van der Waals surface area contributed by atoms with Crippen molar-refractivity contribution in [2.75, 3.05) is 0 Å². The lowest BCUT2D eigenvalue weighted by Crippen LogP contribution is -2.26. The fraction of sp³-hybridized carbons (Fsp3) is 0.353. The molecule has 2 unspecified atom stereocenters. The highest BCUT2D eigenvalue weighted by atomic mass is 32.1. The average Bonchev–Trinajstić information content (AvgIpc) is 3.00. The summed E-state index contributed by atoms with van der Waals surface area (Å²) >= 11 is 1.60. The molecule has 25 heavy (non-hydrogen) atoms. The van der Waals surface area contributed by atoms with Crippen LogP contribution >= 0.6 is 11.3 Å². The molecule has 0 aromatic carbocycles. The second kappa shape index (κ2) is 11.3. The average molecular weight is 365 g/mol. The number of aromatic nitrogens is 1. The first-order valence-corrected chi connectivity index (χ1v) is 8.65. The fourth-order valence-electron chi connectivity index (χ4n) is 2.13. The normalized spacial score (nSPS) is 12.6. The van der Waals surface area contributed by atoms with E-state index in [4.69, 9.17) is 21.7 Å². The molecule has 0 aliphatic heterocycles. The van der Waals surface area contributed by atoms with E-state index in [0.29, 0.717) is 12.8 Å². The topological polar surface area (TPSA) is 140 Å². The molecule has 2 atom stereocenters. The number of thiophene rings is 1. The van der Waals surface area contributed by atoms with Crippen LogP contribution in [0.5, 0.6) is 0 Å². The van der Waals surface area contributed by atoms with E-state index in [0.717, 1.165) is 11.1 Å². The van der Waals surface area contributed by atoms with Crippen molar-refractivity contribution in [2.24, 2.45) is 11.5 Å².